The first-order valence-electron chi connectivity index (χ1n) is 14.4. The van der Waals surface area contributed by atoms with Gasteiger partial charge in [-0.1, -0.05) is 180 Å². The van der Waals surface area contributed by atoms with Crippen LogP contribution in [0.1, 0.15) is 180 Å². The minimum absolute atomic E-state index is 1.11. The Hall–Kier alpha value is 0. The zero-order valence-corrected chi connectivity index (χ0v) is 20.7. The standard InChI is InChI=1S/C29H58/c1-2-3-4-5-6-7-8-9-10-11-12-13-14-15-16-17-18-19-20-21-22-23-26-29-27-24-25-28-29/h29H,2-28H2,1H3. The highest BCUT2D eigenvalue weighted by Gasteiger charge is 2.13. The van der Waals surface area contributed by atoms with E-state index in [9.17, 15) is 0 Å². The first-order valence-corrected chi connectivity index (χ1v) is 14.4. The molecule has 0 bridgehead atoms. The van der Waals surface area contributed by atoms with Crippen molar-refractivity contribution in [2.24, 2.45) is 5.92 Å². The van der Waals surface area contributed by atoms with Gasteiger partial charge in [0.25, 0.3) is 0 Å². The summed E-state index contributed by atoms with van der Waals surface area (Å²) >= 11 is 0. The third-order valence-corrected chi connectivity index (χ3v) is 7.44. The molecule has 1 aliphatic rings. The average molecular weight is 407 g/mol. The molecule has 1 rings (SSSR count). The van der Waals surface area contributed by atoms with Crippen LogP contribution in [-0.2, 0) is 0 Å². The second-order valence-corrected chi connectivity index (χ2v) is 10.4. The maximum atomic E-state index is 2.31. The molecule has 29 heavy (non-hydrogen) atoms. The maximum absolute atomic E-state index is 2.31. The van der Waals surface area contributed by atoms with E-state index in [1.807, 2.05) is 0 Å². The van der Waals surface area contributed by atoms with Gasteiger partial charge in [0.05, 0.1) is 0 Å². The van der Waals surface area contributed by atoms with E-state index in [0.717, 1.165) is 5.92 Å². The lowest BCUT2D eigenvalue weighted by molar-refractivity contribution is 0.459. The van der Waals surface area contributed by atoms with Crippen LogP contribution in [0.15, 0.2) is 0 Å². The maximum Gasteiger partial charge on any atom is -0.0414 e. The molecule has 0 unspecified atom stereocenters. The molecular weight excluding hydrogens is 348 g/mol. The number of unbranched alkanes of at least 4 members (excludes halogenated alkanes) is 21. The molecule has 0 N–H and O–H groups in total. The second-order valence-electron chi connectivity index (χ2n) is 10.4. The highest BCUT2D eigenvalue weighted by Crippen LogP contribution is 2.29. The molecule has 0 amide bonds. The molecule has 0 heteroatoms. The van der Waals surface area contributed by atoms with Crippen LogP contribution in [0.2, 0.25) is 0 Å². The molecule has 0 aromatic carbocycles. The SMILES string of the molecule is CCCCCCCCCCCCCCCCCCCCCCCCC1CCCC1. The van der Waals surface area contributed by atoms with Gasteiger partial charge in [-0.05, 0) is 5.92 Å². The monoisotopic (exact) mass is 406 g/mol. The molecule has 0 nitrogen and oxygen atoms in total. The van der Waals surface area contributed by atoms with Gasteiger partial charge < -0.3 is 0 Å². The van der Waals surface area contributed by atoms with Gasteiger partial charge in [0.2, 0.25) is 0 Å². The van der Waals surface area contributed by atoms with Gasteiger partial charge >= 0.3 is 0 Å². The molecule has 0 heterocycles. The normalized spacial score (nSPS) is 14.8. The molecule has 0 aromatic heterocycles. The first kappa shape index (κ1) is 27.0. The minimum atomic E-state index is 1.11. The molecule has 0 aromatic rings. The summed E-state index contributed by atoms with van der Waals surface area (Å²) in [5.41, 5.74) is 0. The molecular formula is C29H58. The van der Waals surface area contributed by atoms with Gasteiger partial charge in [0, 0.05) is 0 Å². The smallest absolute Gasteiger partial charge is 0.0414 e. The van der Waals surface area contributed by atoms with Crippen molar-refractivity contribution in [2.75, 3.05) is 0 Å². The van der Waals surface area contributed by atoms with E-state index >= 15 is 0 Å². The largest absolute Gasteiger partial charge is 0.0654 e. The van der Waals surface area contributed by atoms with Crippen LogP contribution in [0.5, 0.6) is 0 Å². The summed E-state index contributed by atoms with van der Waals surface area (Å²) in [4.78, 5) is 0. The Bertz CT molecular complexity index is 288. The topological polar surface area (TPSA) is 0 Å². The zero-order valence-electron chi connectivity index (χ0n) is 20.7. The van der Waals surface area contributed by atoms with Crippen molar-refractivity contribution >= 4 is 0 Å². The lowest BCUT2D eigenvalue weighted by Gasteiger charge is -2.08. The minimum Gasteiger partial charge on any atom is -0.0654 e. The highest BCUT2D eigenvalue weighted by molar-refractivity contribution is 4.67. The Balaban J connectivity index is 1.61. The number of rotatable bonds is 23. The third kappa shape index (κ3) is 19.7. The van der Waals surface area contributed by atoms with Crippen LogP contribution in [0.4, 0.5) is 0 Å². The van der Waals surface area contributed by atoms with Crippen LogP contribution in [0, 0.1) is 5.92 Å². The average Bonchev–Trinajstić information content (AvgIpc) is 3.25. The van der Waals surface area contributed by atoms with Crippen LogP contribution < -0.4 is 0 Å². The lowest BCUT2D eigenvalue weighted by atomic mass is 9.98. The quantitative estimate of drug-likeness (QED) is 0.148. The van der Waals surface area contributed by atoms with Gasteiger partial charge in [0.1, 0.15) is 0 Å². The van der Waals surface area contributed by atoms with E-state index in [1.54, 1.807) is 19.3 Å². The predicted octanol–water partition coefficient (Wildman–Crippen LogP) is 11.2. The first-order chi connectivity index (χ1) is 14.4. The molecule has 1 aliphatic carbocycles. The Morgan fingerprint density at radius 1 is 0.379 bits per heavy atom. The van der Waals surface area contributed by atoms with Crippen molar-refractivity contribution in [1.82, 2.24) is 0 Å². The molecule has 0 aliphatic heterocycles. The van der Waals surface area contributed by atoms with Gasteiger partial charge in [0.15, 0.2) is 0 Å². The molecule has 0 saturated heterocycles. The number of hydrogen-bond acceptors (Lipinski definition) is 0. The number of hydrogen-bond donors (Lipinski definition) is 0. The van der Waals surface area contributed by atoms with Crippen LogP contribution in [0.3, 0.4) is 0 Å². The van der Waals surface area contributed by atoms with Gasteiger partial charge in [-0.25, -0.2) is 0 Å². The van der Waals surface area contributed by atoms with E-state index in [0.29, 0.717) is 0 Å². The van der Waals surface area contributed by atoms with Gasteiger partial charge in [-0.3, -0.25) is 0 Å². The van der Waals surface area contributed by atoms with Crippen molar-refractivity contribution in [1.29, 1.82) is 0 Å². The Kier molecular flexibility index (Phi) is 21.1. The van der Waals surface area contributed by atoms with Crippen molar-refractivity contribution in [2.45, 2.75) is 180 Å². The fourth-order valence-electron chi connectivity index (χ4n) is 5.34. The Morgan fingerprint density at radius 3 is 0.966 bits per heavy atom. The highest BCUT2D eigenvalue weighted by atomic mass is 14.2. The fourth-order valence-corrected chi connectivity index (χ4v) is 5.34. The fraction of sp³-hybridized carbons (Fsp3) is 1.00. The van der Waals surface area contributed by atoms with Crippen molar-refractivity contribution < 1.29 is 0 Å². The molecule has 1 saturated carbocycles. The Morgan fingerprint density at radius 2 is 0.655 bits per heavy atom. The van der Waals surface area contributed by atoms with Crippen molar-refractivity contribution in [3.8, 4) is 0 Å². The zero-order chi connectivity index (χ0) is 20.7. The molecule has 1 fully saturated rings. The molecule has 0 atom stereocenters. The van der Waals surface area contributed by atoms with E-state index in [1.165, 1.54) is 154 Å². The summed E-state index contributed by atoms with van der Waals surface area (Å²) in [5, 5.41) is 0. The van der Waals surface area contributed by atoms with E-state index < -0.39 is 0 Å². The molecule has 0 spiro atoms. The van der Waals surface area contributed by atoms with Crippen LogP contribution >= 0.6 is 0 Å². The summed E-state index contributed by atoms with van der Waals surface area (Å²) in [6.07, 6.45) is 40.4. The third-order valence-electron chi connectivity index (χ3n) is 7.44. The van der Waals surface area contributed by atoms with Crippen LogP contribution in [-0.4, -0.2) is 0 Å². The summed E-state index contributed by atoms with van der Waals surface area (Å²) in [6.45, 7) is 2.31. The lowest BCUT2D eigenvalue weighted by Crippen LogP contribution is -1.92. The van der Waals surface area contributed by atoms with Gasteiger partial charge in [-0.15, -0.1) is 0 Å². The van der Waals surface area contributed by atoms with Gasteiger partial charge in [-0.2, -0.15) is 0 Å². The van der Waals surface area contributed by atoms with E-state index in [-0.39, 0.29) is 0 Å². The summed E-state index contributed by atoms with van der Waals surface area (Å²) in [6, 6.07) is 0. The summed E-state index contributed by atoms with van der Waals surface area (Å²) in [7, 11) is 0. The molecule has 174 valence electrons. The van der Waals surface area contributed by atoms with Crippen LogP contribution in [0.25, 0.3) is 0 Å². The summed E-state index contributed by atoms with van der Waals surface area (Å²) in [5.74, 6) is 1.11. The van der Waals surface area contributed by atoms with E-state index in [2.05, 4.69) is 6.92 Å². The van der Waals surface area contributed by atoms with E-state index in [4.69, 9.17) is 0 Å². The Labute approximate surface area is 186 Å². The van der Waals surface area contributed by atoms with Crippen molar-refractivity contribution in [3.63, 3.8) is 0 Å². The molecule has 0 radical (unpaired) electrons. The van der Waals surface area contributed by atoms with Crippen molar-refractivity contribution in [3.05, 3.63) is 0 Å². The summed E-state index contributed by atoms with van der Waals surface area (Å²) < 4.78 is 0. The predicted molar refractivity (Wildman–Crippen MR) is 134 cm³/mol. The second kappa shape index (κ2) is 22.7.